The number of methoxy groups -OCH3 is 1. The first-order valence-corrected chi connectivity index (χ1v) is 4.23. The fraction of sp³-hybridized carbons (Fsp3) is 0.0909. The summed E-state index contributed by atoms with van der Waals surface area (Å²) < 4.78 is 9.46. The van der Waals surface area contributed by atoms with Crippen LogP contribution in [0.1, 0.15) is 10.4 Å². The van der Waals surface area contributed by atoms with Gasteiger partial charge in [0.15, 0.2) is 6.29 Å². The third kappa shape index (κ3) is 3.27. The zero-order valence-electron chi connectivity index (χ0n) is 8.17. The van der Waals surface area contributed by atoms with Crippen molar-refractivity contribution in [2.45, 2.75) is 0 Å². The molecule has 0 spiro atoms. The van der Waals surface area contributed by atoms with Crippen LogP contribution in [-0.2, 0) is 9.53 Å². The van der Waals surface area contributed by atoms with Gasteiger partial charge >= 0.3 is 5.97 Å². The Morgan fingerprint density at radius 2 is 2.07 bits per heavy atom. The maximum Gasteiger partial charge on any atom is 0.333 e. The van der Waals surface area contributed by atoms with Crippen molar-refractivity contribution in [3.8, 4) is 5.75 Å². The minimum Gasteiger partial charge on any atom is -0.466 e. The smallest absolute Gasteiger partial charge is 0.333 e. The van der Waals surface area contributed by atoms with Crippen LogP contribution in [-0.4, -0.2) is 19.4 Å². The van der Waals surface area contributed by atoms with Gasteiger partial charge in [0.2, 0.25) is 0 Å². The van der Waals surface area contributed by atoms with Crippen LogP contribution in [0, 0.1) is 0 Å². The summed E-state index contributed by atoms with van der Waals surface area (Å²) >= 11 is 0. The van der Waals surface area contributed by atoms with Gasteiger partial charge in [0.25, 0.3) is 0 Å². The summed E-state index contributed by atoms with van der Waals surface area (Å²) in [6.45, 7) is 0. The van der Waals surface area contributed by atoms with Gasteiger partial charge in [0.05, 0.1) is 25.0 Å². The molecule has 0 aliphatic heterocycles. The van der Waals surface area contributed by atoms with Crippen LogP contribution in [0.2, 0.25) is 0 Å². The summed E-state index contributed by atoms with van der Waals surface area (Å²) in [6, 6.07) is 6.70. The van der Waals surface area contributed by atoms with Crippen LogP contribution < -0.4 is 4.74 Å². The van der Waals surface area contributed by atoms with E-state index in [1.165, 1.54) is 13.4 Å². The largest absolute Gasteiger partial charge is 0.466 e. The van der Waals surface area contributed by atoms with Crippen molar-refractivity contribution < 1.29 is 19.1 Å². The Balaban J connectivity index is 2.68. The number of hydrogen-bond donors (Lipinski definition) is 0. The molecule has 78 valence electrons. The molecular weight excluding hydrogens is 196 g/mol. The summed E-state index contributed by atoms with van der Waals surface area (Å²) in [5, 5.41) is 0. The highest BCUT2D eigenvalue weighted by Gasteiger charge is 1.99. The normalized spacial score (nSPS) is 9.93. The monoisotopic (exact) mass is 206 g/mol. The average molecular weight is 206 g/mol. The number of esters is 1. The predicted octanol–water partition coefficient (Wildman–Crippen LogP) is 1.56. The van der Waals surface area contributed by atoms with Gasteiger partial charge in [-0.1, -0.05) is 12.1 Å². The Kier molecular flexibility index (Phi) is 4.09. The van der Waals surface area contributed by atoms with Crippen LogP contribution in [0.4, 0.5) is 0 Å². The van der Waals surface area contributed by atoms with Crippen molar-refractivity contribution in [3.05, 3.63) is 42.2 Å². The van der Waals surface area contributed by atoms with E-state index < -0.39 is 5.97 Å². The Hall–Kier alpha value is -2.10. The fourth-order valence-corrected chi connectivity index (χ4v) is 0.916. The topological polar surface area (TPSA) is 52.6 Å². The molecule has 0 atom stereocenters. The van der Waals surface area contributed by atoms with Crippen LogP contribution >= 0.6 is 0 Å². The van der Waals surface area contributed by atoms with Gasteiger partial charge in [0, 0.05) is 0 Å². The molecule has 0 aliphatic rings. The van der Waals surface area contributed by atoms with Crippen molar-refractivity contribution >= 4 is 12.3 Å². The maximum atomic E-state index is 10.7. The summed E-state index contributed by atoms with van der Waals surface area (Å²) in [5.41, 5.74) is 0.423. The van der Waals surface area contributed by atoms with Gasteiger partial charge in [-0.2, -0.15) is 0 Å². The number of ether oxygens (including phenoxy) is 2. The quantitative estimate of drug-likeness (QED) is 0.324. The first-order valence-electron chi connectivity index (χ1n) is 4.23. The van der Waals surface area contributed by atoms with Gasteiger partial charge in [-0.15, -0.1) is 0 Å². The van der Waals surface area contributed by atoms with Crippen molar-refractivity contribution in [2.24, 2.45) is 0 Å². The highest BCUT2D eigenvalue weighted by atomic mass is 16.5. The highest BCUT2D eigenvalue weighted by molar-refractivity contribution is 5.82. The van der Waals surface area contributed by atoms with E-state index in [4.69, 9.17) is 4.74 Å². The number of rotatable bonds is 4. The van der Waals surface area contributed by atoms with Gasteiger partial charge in [-0.25, -0.2) is 4.79 Å². The number of carbonyl (C=O) groups excluding carboxylic acids is 2. The first kappa shape index (κ1) is 11.0. The van der Waals surface area contributed by atoms with Crippen LogP contribution in [0.5, 0.6) is 5.75 Å². The Morgan fingerprint density at radius 1 is 1.33 bits per heavy atom. The summed E-state index contributed by atoms with van der Waals surface area (Å²) in [7, 11) is 1.27. The van der Waals surface area contributed by atoms with Crippen LogP contribution in [0.15, 0.2) is 36.6 Å². The summed E-state index contributed by atoms with van der Waals surface area (Å²) in [5.74, 6) is -0.119. The van der Waals surface area contributed by atoms with E-state index in [1.54, 1.807) is 24.3 Å². The van der Waals surface area contributed by atoms with Crippen molar-refractivity contribution in [2.75, 3.05) is 7.11 Å². The van der Waals surface area contributed by atoms with Gasteiger partial charge in [0.1, 0.15) is 5.75 Å². The zero-order valence-corrected chi connectivity index (χ0v) is 8.17. The second-order valence-electron chi connectivity index (χ2n) is 2.60. The van der Waals surface area contributed by atoms with E-state index in [0.29, 0.717) is 17.6 Å². The van der Waals surface area contributed by atoms with E-state index in [2.05, 4.69) is 4.74 Å². The Labute approximate surface area is 87.1 Å². The van der Waals surface area contributed by atoms with Gasteiger partial charge in [-0.3, -0.25) is 4.79 Å². The van der Waals surface area contributed by atoms with Gasteiger partial charge in [-0.05, 0) is 12.1 Å². The number of aldehydes is 1. The number of para-hydroxylation sites is 1. The second-order valence-corrected chi connectivity index (χ2v) is 2.60. The van der Waals surface area contributed by atoms with Gasteiger partial charge < -0.3 is 9.47 Å². The zero-order chi connectivity index (χ0) is 11.1. The molecule has 0 amide bonds. The molecule has 15 heavy (non-hydrogen) atoms. The molecule has 1 aromatic carbocycles. The predicted molar refractivity (Wildman–Crippen MR) is 53.6 cm³/mol. The van der Waals surface area contributed by atoms with Crippen LogP contribution in [0.25, 0.3) is 0 Å². The molecule has 0 saturated heterocycles. The van der Waals surface area contributed by atoms with Crippen molar-refractivity contribution in [1.29, 1.82) is 0 Å². The first-order chi connectivity index (χ1) is 7.27. The second kappa shape index (κ2) is 5.59. The maximum absolute atomic E-state index is 10.7. The number of carbonyl (C=O) groups is 2. The molecule has 0 fully saturated rings. The molecule has 0 bridgehead atoms. The van der Waals surface area contributed by atoms with Crippen molar-refractivity contribution in [1.82, 2.24) is 0 Å². The Bertz CT molecular complexity index is 382. The third-order valence-electron chi connectivity index (χ3n) is 1.65. The third-order valence-corrected chi connectivity index (χ3v) is 1.65. The lowest BCUT2D eigenvalue weighted by atomic mass is 10.2. The fourth-order valence-electron chi connectivity index (χ4n) is 0.916. The lowest BCUT2D eigenvalue weighted by Crippen LogP contribution is -1.96. The number of hydrogen-bond acceptors (Lipinski definition) is 4. The van der Waals surface area contributed by atoms with E-state index >= 15 is 0 Å². The summed E-state index contributed by atoms with van der Waals surface area (Å²) in [4.78, 5) is 21.3. The standard InChI is InChI=1S/C11H10O4/c1-14-11(13)6-7-15-10-5-3-2-4-9(10)8-12/h2-8H,1H3/b7-6-. The molecule has 4 heteroatoms. The van der Waals surface area contributed by atoms with E-state index in [9.17, 15) is 9.59 Å². The average Bonchev–Trinajstić information content (AvgIpc) is 2.29. The molecule has 0 heterocycles. The minimum absolute atomic E-state index is 0.396. The molecule has 0 radical (unpaired) electrons. The van der Waals surface area contributed by atoms with E-state index in [1.807, 2.05) is 0 Å². The minimum atomic E-state index is -0.515. The lowest BCUT2D eigenvalue weighted by molar-refractivity contribution is -0.134. The van der Waals surface area contributed by atoms with Crippen LogP contribution in [0.3, 0.4) is 0 Å². The molecule has 0 aliphatic carbocycles. The SMILES string of the molecule is COC(=O)/C=C\Oc1ccccc1C=O. The molecule has 0 aromatic heterocycles. The molecule has 1 aromatic rings. The molecule has 0 saturated carbocycles. The molecular formula is C11H10O4. The molecule has 0 N–H and O–H groups in total. The lowest BCUT2D eigenvalue weighted by Gasteiger charge is -2.01. The van der Waals surface area contributed by atoms with E-state index in [0.717, 1.165) is 6.08 Å². The highest BCUT2D eigenvalue weighted by Crippen LogP contribution is 2.15. The molecule has 1 rings (SSSR count). The Morgan fingerprint density at radius 3 is 2.73 bits per heavy atom. The summed E-state index contributed by atoms with van der Waals surface area (Å²) in [6.07, 6.45) is 2.98. The van der Waals surface area contributed by atoms with E-state index in [-0.39, 0.29) is 0 Å². The molecule has 4 nitrogen and oxygen atoms in total. The number of benzene rings is 1. The molecule has 0 unspecified atom stereocenters. The van der Waals surface area contributed by atoms with Crippen molar-refractivity contribution in [3.63, 3.8) is 0 Å².